The van der Waals surface area contributed by atoms with Crippen LogP contribution in [0.15, 0.2) is 23.2 Å². The molecule has 2 amide bonds. The molecule has 0 radical (unpaired) electrons. The van der Waals surface area contributed by atoms with E-state index < -0.39 is 0 Å². The first-order valence-corrected chi connectivity index (χ1v) is 8.18. The van der Waals surface area contributed by atoms with Gasteiger partial charge in [0.2, 0.25) is 0 Å². The number of imide groups is 1. The predicted molar refractivity (Wildman–Crippen MR) is 89.6 cm³/mol. The van der Waals surface area contributed by atoms with E-state index in [0.29, 0.717) is 12.1 Å². The molecule has 0 fully saturated rings. The molecule has 2 rings (SSSR count). The first-order valence-electron chi connectivity index (χ1n) is 7.81. The Kier molecular flexibility index (Phi) is 5.41. The second kappa shape index (κ2) is 7.10. The molecule has 118 valence electrons. The number of benzene rings is 1. The fourth-order valence-corrected chi connectivity index (χ4v) is 3.06. The first-order chi connectivity index (χ1) is 10.5. The lowest BCUT2D eigenvalue weighted by Gasteiger charge is -2.15. The number of aryl methyl sites for hydroxylation is 2. The molecule has 3 nitrogen and oxygen atoms in total. The summed E-state index contributed by atoms with van der Waals surface area (Å²) in [5.41, 5.74) is 3.18. The highest BCUT2D eigenvalue weighted by atomic mass is 35.5. The lowest BCUT2D eigenvalue weighted by molar-refractivity contribution is -0.136. The van der Waals surface area contributed by atoms with Gasteiger partial charge in [-0.05, 0) is 31.4 Å². The third-order valence-electron chi connectivity index (χ3n) is 4.00. The zero-order chi connectivity index (χ0) is 16.3. The molecule has 4 heteroatoms. The summed E-state index contributed by atoms with van der Waals surface area (Å²) < 4.78 is 0. The molecular weight excluding hydrogens is 298 g/mol. The molecule has 0 aliphatic carbocycles. The van der Waals surface area contributed by atoms with Crippen molar-refractivity contribution in [1.29, 1.82) is 0 Å². The lowest BCUT2D eigenvalue weighted by atomic mass is 9.99. The summed E-state index contributed by atoms with van der Waals surface area (Å²) in [5, 5.41) is 0.0486. The molecule has 0 saturated carbocycles. The van der Waals surface area contributed by atoms with Gasteiger partial charge < -0.3 is 0 Å². The van der Waals surface area contributed by atoms with Crippen molar-refractivity contribution in [2.75, 3.05) is 6.54 Å². The van der Waals surface area contributed by atoms with Crippen LogP contribution >= 0.6 is 11.6 Å². The number of nitrogens with zero attached hydrogens (tertiary/aromatic N) is 1. The molecule has 0 saturated heterocycles. The van der Waals surface area contributed by atoms with Gasteiger partial charge in [-0.25, -0.2) is 0 Å². The molecule has 1 aliphatic rings. The Balaban J connectivity index is 2.22. The third-order valence-corrected chi connectivity index (χ3v) is 4.35. The second-order valence-electron chi connectivity index (χ2n) is 5.83. The van der Waals surface area contributed by atoms with E-state index in [0.717, 1.165) is 42.4 Å². The van der Waals surface area contributed by atoms with Crippen molar-refractivity contribution in [3.05, 3.63) is 39.9 Å². The van der Waals surface area contributed by atoms with Crippen molar-refractivity contribution in [2.24, 2.45) is 0 Å². The van der Waals surface area contributed by atoms with Gasteiger partial charge in [-0.2, -0.15) is 0 Å². The van der Waals surface area contributed by atoms with Crippen molar-refractivity contribution in [1.82, 2.24) is 4.90 Å². The van der Waals surface area contributed by atoms with Crippen LogP contribution in [0.4, 0.5) is 0 Å². The normalized spacial score (nSPS) is 15.2. The van der Waals surface area contributed by atoms with Gasteiger partial charge in [0.1, 0.15) is 5.03 Å². The van der Waals surface area contributed by atoms with Crippen LogP contribution in [0.3, 0.4) is 0 Å². The van der Waals surface area contributed by atoms with Crippen LogP contribution < -0.4 is 0 Å². The van der Waals surface area contributed by atoms with Crippen LogP contribution in [0.25, 0.3) is 5.57 Å². The van der Waals surface area contributed by atoms with E-state index in [1.54, 1.807) is 0 Å². The minimum absolute atomic E-state index is 0.0486. The molecular formula is C18H22ClNO2. The molecule has 0 N–H and O–H groups in total. The largest absolute Gasteiger partial charge is 0.274 e. The van der Waals surface area contributed by atoms with E-state index in [9.17, 15) is 9.59 Å². The van der Waals surface area contributed by atoms with Gasteiger partial charge in [-0.3, -0.25) is 14.5 Å². The zero-order valence-electron chi connectivity index (χ0n) is 13.4. The summed E-state index contributed by atoms with van der Waals surface area (Å²) in [6, 6.07) is 5.80. The fourth-order valence-electron chi connectivity index (χ4n) is 2.77. The molecule has 1 aromatic rings. The van der Waals surface area contributed by atoms with E-state index in [-0.39, 0.29) is 16.8 Å². The van der Waals surface area contributed by atoms with Crippen LogP contribution in [0.1, 0.15) is 49.3 Å². The van der Waals surface area contributed by atoms with Crippen LogP contribution in [-0.2, 0) is 9.59 Å². The smallest absolute Gasteiger partial charge is 0.273 e. The van der Waals surface area contributed by atoms with Crippen molar-refractivity contribution >= 4 is 29.0 Å². The van der Waals surface area contributed by atoms with Crippen molar-refractivity contribution in [3.8, 4) is 0 Å². The van der Waals surface area contributed by atoms with Gasteiger partial charge in [0, 0.05) is 6.54 Å². The van der Waals surface area contributed by atoms with Crippen LogP contribution in [-0.4, -0.2) is 23.3 Å². The van der Waals surface area contributed by atoms with E-state index in [1.165, 1.54) is 4.90 Å². The minimum atomic E-state index is -0.363. The summed E-state index contributed by atoms with van der Waals surface area (Å²) in [6.07, 6.45) is 4.08. The SMILES string of the molecule is CCCCCCN1C(=O)C(Cl)=C(c2ccc(C)cc2C)C1=O. The highest BCUT2D eigenvalue weighted by Crippen LogP contribution is 2.33. The second-order valence-corrected chi connectivity index (χ2v) is 6.21. The van der Waals surface area contributed by atoms with E-state index in [4.69, 9.17) is 11.6 Å². The lowest BCUT2D eigenvalue weighted by Crippen LogP contribution is -2.32. The van der Waals surface area contributed by atoms with Gasteiger partial charge in [-0.15, -0.1) is 0 Å². The highest BCUT2D eigenvalue weighted by Gasteiger charge is 2.38. The molecule has 0 aromatic heterocycles. The van der Waals surface area contributed by atoms with Crippen LogP contribution in [0.5, 0.6) is 0 Å². The van der Waals surface area contributed by atoms with E-state index in [2.05, 4.69) is 6.92 Å². The van der Waals surface area contributed by atoms with E-state index >= 15 is 0 Å². The number of carbonyl (C=O) groups is 2. The maximum atomic E-state index is 12.6. The van der Waals surface area contributed by atoms with Crippen LogP contribution in [0.2, 0.25) is 0 Å². The molecule has 22 heavy (non-hydrogen) atoms. The summed E-state index contributed by atoms with van der Waals surface area (Å²) in [4.78, 5) is 26.1. The Morgan fingerprint density at radius 3 is 2.41 bits per heavy atom. The number of unbranched alkanes of at least 4 members (excludes halogenated alkanes) is 3. The van der Waals surface area contributed by atoms with E-state index in [1.807, 2.05) is 32.0 Å². The van der Waals surface area contributed by atoms with Gasteiger partial charge in [-0.1, -0.05) is 61.5 Å². The average molecular weight is 320 g/mol. The third kappa shape index (κ3) is 3.25. The Labute approximate surface area is 137 Å². The van der Waals surface area contributed by atoms with Gasteiger partial charge in [0.25, 0.3) is 11.8 Å². The Hall–Kier alpha value is -1.61. The monoisotopic (exact) mass is 319 g/mol. The molecule has 1 aliphatic heterocycles. The van der Waals surface area contributed by atoms with Crippen LogP contribution in [0, 0.1) is 13.8 Å². The topological polar surface area (TPSA) is 37.4 Å². The first kappa shape index (κ1) is 16.8. The summed E-state index contributed by atoms with van der Waals surface area (Å²) in [5.74, 6) is -0.628. The van der Waals surface area contributed by atoms with Gasteiger partial charge >= 0.3 is 0 Å². The average Bonchev–Trinajstić information content (AvgIpc) is 2.68. The Bertz CT molecular complexity index is 634. The van der Waals surface area contributed by atoms with Gasteiger partial charge in [0.05, 0.1) is 5.57 Å². The standard InChI is InChI=1S/C18H22ClNO2/c1-4-5-6-7-10-20-17(21)15(16(19)18(20)22)14-9-8-12(2)11-13(14)3/h8-9,11H,4-7,10H2,1-3H3. The van der Waals surface area contributed by atoms with Crippen molar-refractivity contribution < 1.29 is 9.59 Å². The van der Waals surface area contributed by atoms with Crippen molar-refractivity contribution in [3.63, 3.8) is 0 Å². The number of halogens is 1. The summed E-state index contributed by atoms with van der Waals surface area (Å²) in [7, 11) is 0. The summed E-state index contributed by atoms with van der Waals surface area (Å²) in [6.45, 7) is 6.50. The number of hydrogen-bond acceptors (Lipinski definition) is 2. The molecule has 1 aromatic carbocycles. The Morgan fingerprint density at radius 2 is 1.77 bits per heavy atom. The molecule has 0 atom stereocenters. The Morgan fingerprint density at radius 1 is 1.05 bits per heavy atom. The molecule has 1 heterocycles. The highest BCUT2D eigenvalue weighted by molar-refractivity contribution is 6.55. The number of carbonyl (C=O) groups excluding carboxylic acids is 2. The maximum absolute atomic E-state index is 12.6. The van der Waals surface area contributed by atoms with Gasteiger partial charge in [0.15, 0.2) is 0 Å². The fraction of sp³-hybridized carbons (Fsp3) is 0.444. The zero-order valence-corrected chi connectivity index (χ0v) is 14.2. The minimum Gasteiger partial charge on any atom is -0.274 e. The molecule has 0 spiro atoms. The number of amides is 2. The van der Waals surface area contributed by atoms with Crippen molar-refractivity contribution in [2.45, 2.75) is 46.5 Å². The quantitative estimate of drug-likeness (QED) is 0.582. The molecule has 0 bridgehead atoms. The summed E-state index contributed by atoms with van der Waals surface area (Å²) >= 11 is 6.17. The number of rotatable bonds is 6. The maximum Gasteiger partial charge on any atom is 0.273 e. The predicted octanol–water partition coefficient (Wildman–Crippen LogP) is 4.20. The molecule has 0 unspecified atom stereocenters. The number of hydrogen-bond donors (Lipinski definition) is 0.